The highest BCUT2D eigenvalue weighted by molar-refractivity contribution is 6.74. The molecule has 2 aliphatic heterocycles. The summed E-state index contributed by atoms with van der Waals surface area (Å²) in [6, 6.07) is 0. The lowest BCUT2D eigenvalue weighted by atomic mass is 10.2. The molecule has 2 heterocycles. The summed E-state index contributed by atoms with van der Waals surface area (Å²) in [7, 11) is -1.71. The molecule has 0 spiro atoms. The fraction of sp³-hybridized carbons (Fsp3) is 0.944. The molecule has 1 atom stereocenters. The minimum atomic E-state index is -1.71. The molecule has 2 aliphatic rings. The van der Waals surface area contributed by atoms with E-state index in [-0.39, 0.29) is 23.3 Å². The maximum Gasteiger partial charge on any atom is 0.234 e. The second kappa shape index (κ2) is 8.95. The number of hydrogen-bond acceptors (Lipinski definition) is 5. The Balaban J connectivity index is 1.53. The van der Waals surface area contributed by atoms with Gasteiger partial charge in [0.1, 0.15) is 0 Å². The van der Waals surface area contributed by atoms with Gasteiger partial charge < -0.3 is 19.2 Å². The van der Waals surface area contributed by atoms with Crippen molar-refractivity contribution in [2.75, 3.05) is 39.4 Å². The van der Waals surface area contributed by atoms with E-state index in [1.54, 1.807) is 0 Å². The van der Waals surface area contributed by atoms with Crippen LogP contribution in [0.15, 0.2) is 0 Å². The standard InChI is InChI=1S/C18H36N2O4Si/c1-18(2,3)25(4,5)24-15-12-20(13-15)14-16(21)19-9-11-23-17-8-6-7-10-22-17/h15,17H,6-14H2,1-5H3,(H,19,21). The largest absolute Gasteiger partial charge is 0.411 e. The van der Waals surface area contributed by atoms with Crippen LogP contribution < -0.4 is 5.32 Å². The maximum atomic E-state index is 12.0. The highest BCUT2D eigenvalue weighted by Gasteiger charge is 2.42. The van der Waals surface area contributed by atoms with Gasteiger partial charge in [-0.25, -0.2) is 0 Å². The molecule has 1 N–H and O–H groups in total. The van der Waals surface area contributed by atoms with Gasteiger partial charge >= 0.3 is 0 Å². The molecular formula is C18H36N2O4Si. The van der Waals surface area contributed by atoms with E-state index in [0.29, 0.717) is 19.7 Å². The summed E-state index contributed by atoms with van der Waals surface area (Å²) in [5, 5.41) is 3.14. The molecule has 0 radical (unpaired) electrons. The van der Waals surface area contributed by atoms with Crippen molar-refractivity contribution in [3.8, 4) is 0 Å². The summed E-state index contributed by atoms with van der Waals surface area (Å²) in [5.74, 6) is 0.0546. The molecule has 2 fully saturated rings. The molecule has 1 unspecified atom stereocenters. The molecule has 0 aromatic heterocycles. The van der Waals surface area contributed by atoms with Crippen LogP contribution in [0.1, 0.15) is 40.0 Å². The minimum absolute atomic E-state index is 0.0546. The highest BCUT2D eigenvalue weighted by atomic mass is 28.4. The van der Waals surface area contributed by atoms with Crippen molar-refractivity contribution in [2.45, 2.75) is 70.6 Å². The zero-order chi connectivity index (χ0) is 18.5. The van der Waals surface area contributed by atoms with Crippen LogP contribution in [0, 0.1) is 0 Å². The van der Waals surface area contributed by atoms with Gasteiger partial charge in [0, 0.05) is 26.2 Å². The molecule has 7 heteroatoms. The normalized spacial score (nSPS) is 23.3. The summed E-state index contributed by atoms with van der Waals surface area (Å²) in [4.78, 5) is 14.1. The van der Waals surface area contributed by atoms with E-state index in [1.807, 2.05) is 0 Å². The van der Waals surface area contributed by atoms with E-state index in [1.165, 1.54) is 0 Å². The molecule has 146 valence electrons. The van der Waals surface area contributed by atoms with Gasteiger partial charge in [-0.3, -0.25) is 9.69 Å². The van der Waals surface area contributed by atoms with Crippen molar-refractivity contribution in [3.05, 3.63) is 0 Å². The third-order valence-corrected chi connectivity index (χ3v) is 9.96. The van der Waals surface area contributed by atoms with Gasteiger partial charge in [-0.1, -0.05) is 20.8 Å². The lowest BCUT2D eigenvalue weighted by molar-refractivity contribution is -0.162. The van der Waals surface area contributed by atoms with E-state index in [2.05, 4.69) is 44.1 Å². The first-order valence-corrected chi connectivity index (χ1v) is 12.5. The molecule has 0 aliphatic carbocycles. The highest BCUT2D eigenvalue weighted by Crippen LogP contribution is 2.38. The third-order valence-electron chi connectivity index (χ3n) is 5.42. The van der Waals surface area contributed by atoms with Crippen LogP contribution in [0.2, 0.25) is 18.1 Å². The Kier molecular flexibility index (Phi) is 7.46. The Morgan fingerprint density at radius 2 is 2.00 bits per heavy atom. The molecule has 2 rings (SSSR count). The van der Waals surface area contributed by atoms with E-state index >= 15 is 0 Å². The van der Waals surface area contributed by atoms with Crippen molar-refractivity contribution in [1.29, 1.82) is 0 Å². The number of rotatable bonds is 8. The van der Waals surface area contributed by atoms with E-state index in [4.69, 9.17) is 13.9 Å². The zero-order valence-corrected chi connectivity index (χ0v) is 17.6. The van der Waals surface area contributed by atoms with E-state index in [9.17, 15) is 4.79 Å². The number of carbonyl (C=O) groups is 1. The quantitative estimate of drug-likeness (QED) is 0.523. The summed E-state index contributed by atoms with van der Waals surface area (Å²) in [5.41, 5.74) is 0. The fourth-order valence-electron chi connectivity index (χ4n) is 2.80. The average Bonchev–Trinajstić information content (AvgIpc) is 2.49. The second-order valence-corrected chi connectivity index (χ2v) is 13.5. The zero-order valence-electron chi connectivity index (χ0n) is 16.6. The summed E-state index contributed by atoms with van der Waals surface area (Å²) >= 11 is 0. The number of hydrogen-bond donors (Lipinski definition) is 1. The van der Waals surface area contributed by atoms with Crippen molar-refractivity contribution in [3.63, 3.8) is 0 Å². The Morgan fingerprint density at radius 3 is 2.60 bits per heavy atom. The molecule has 0 bridgehead atoms. The van der Waals surface area contributed by atoms with Crippen molar-refractivity contribution in [2.24, 2.45) is 0 Å². The molecule has 25 heavy (non-hydrogen) atoms. The monoisotopic (exact) mass is 372 g/mol. The van der Waals surface area contributed by atoms with Crippen LogP contribution in [-0.2, 0) is 18.7 Å². The fourth-order valence-corrected chi connectivity index (χ4v) is 4.14. The van der Waals surface area contributed by atoms with Crippen LogP contribution in [0.4, 0.5) is 0 Å². The Hall–Kier alpha value is -0.473. The van der Waals surface area contributed by atoms with Crippen molar-refractivity contribution >= 4 is 14.2 Å². The number of ether oxygens (including phenoxy) is 2. The third kappa shape index (κ3) is 6.64. The molecule has 6 nitrogen and oxygen atoms in total. The lowest BCUT2D eigenvalue weighted by Gasteiger charge is -2.46. The van der Waals surface area contributed by atoms with Gasteiger partial charge in [0.2, 0.25) is 5.91 Å². The molecule has 1 amide bonds. The van der Waals surface area contributed by atoms with Crippen LogP contribution in [-0.4, -0.2) is 70.9 Å². The summed E-state index contributed by atoms with van der Waals surface area (Å²) in [6.45, 7) is 15.3. The predicted octanol–water partition coefficient (Wildman–Crippen LogP) is 2.35. The number of nitrogens with one attached hydrogen (secondary N) is 1. The smallest absolute Gasteiger partial charge is 0.234 e. The number of amides is 1. The maximum absolute atomic E-state index is 12.0. The van der Waals surface area contributed by atoms with Crippen LogP contribution in [0.5, 0.6) is 0 Å². The van der Waals surface area contributed by atoms with Gasteiger partial charge in [-0.05, 0) is 37.4 Å². The van der Waals surface area contributed by atoms with Gasteiger partial charge in [-0.2, -0.15) is 0 Å². The minimum Gasteiger partial charge on any atom is -0.411 e. The van der Waals surface area contributed by atoms with Gasteiger partial charge in [0.25, 0.3) is 0 Å². The Labute approximate surface area is 153 Å². The molecule has 0 saturated carbocycles. The Morgan fingerprint density at radius 1 is 1.28 bits per heavy atom. The first kappa shape index (κ1) is 20.8. The summed E-state index contributed by atoms with van der Waals surface area (Å²) in [6.07, 6.45) is 3.42. The molecule has 2 saturated heterocycles. The first-order chi connectivity index (χ1) is 11.7. The Bertz CT molecular complexity index is 427. The van der Waals surface area contributed by atoms with Gasteiger partial charge in [0.15, 0.2) is 14.6 Å². The number of likely N-dealkylation sites (tertiary alicyclic amines) is 1. The van der Waals surface area contributed by atoms with E-state index in [0.717, 1.165) is 39.0 Å². The summed E-state index contributed by atoms with van der Waals surface area (Å²) < 4.78 is 17.5. The molecular weight excluding hydrogens is 336 g/mol. The van der Waals surface area contributed by atoms with Crippen LogP contribution in [0.3, 0.4) is 0 Å². The van der Waals surface area contributed by atoms with Gasteiger partial charge in [-0.15, -0.1) is 0 Å². The SMILES string of the molecule is CC(C)(C)[Si](C)(C)OC1CN(CC(=O)NCCOC2CCCCO2)C1. The number of carbonyl (C=O) groups excluding carboxylic acids is 1. The van der Waals surface area contributed by atoms with Gasteiger partial charge in [0.05, 0.1) is 19.3 Å². The molecule has 0 aromatic rings. The second-order valence-electron chi connectivity index (χ2n) is 8.71. The van der Waals surface area contributed by atoms with Crippen LogP contribution in [0.25, 0.3) is 0 Å². The topological polar surface area (TPSA) is 60.0 Å². The first-order valence-electron chi connectivity index (χ1n) is 9.57. The van der Waals surface area contributed by atoms with Crippen molar-refractivity contribution < 1.29 is 18.7 Å². The predicted molar refractivity (Wildman–Crippen MR) is 101 cm³/mol. The lowest BCUT2D eigenvalue weighted by Crippen LogP contribution is -2.59. The van der Waals surface area contributed by atoms with Crippen molar-refractivity contribution in [1.82, 2.24) is 10.2 Å². The average molecular weight is 373 g/mol. The van der Waals surface area contributed by atoms with E-state index < -0.39 is 8.32 Å². The van der Waals surface area contributed by atoms with Crippen LogP contribution >= 0.6 is 0 Å². The number of nitrogens with zero attached hydrogens (tertiary/aromatic N) is 1. The molecule has 0 aromatic carbocycles.